The molecule has 2 aromatic heterocycles. The molecule has 2 N–H and O–H groups in total. The largest absolute Gasteiger partial charge is 0.353 e. The maximum absolute atomic E-state index is 13.8. The zero-order chi connectivity index (χ0) is 18.7. The molecule has 0 aliphatic carbocycles. The molecule has 0 atom stereocenters. The second-order valence-electron chi connectivity index (χ2n) is 4.91. The van der Waals surface area contributed by atoms with Gasteiger partial charge in [-0.05, 0) is 40.2 Å². The van der Waals surface area contributed by atoms with Gasteiger partial charge in [0.1, 0.15) is 23.8 Å². The molecule has 0 amide bonds. The number of pyridine rings is 1. The van der Waals surface area contributed by atoms with Crippen LogP contribution in [0.4, 0.5) is 37.6 Å². The zero-order valence-corrected chi connectivity index (χ0v) is 14.4. The minimum atomic E-state index is -0.915. The van der Waals surface area contributed by atoms with Crippen molar-refractivity contribution in [3.63, 3.8) is 0 Å². The first kappa shape index (κ1) is 17.6. The summed E-state index contributed by atoms with van der Waals surface area (Å²) >= 11 is 3.23. The van der Waals surface area contributed by atoms with Gasteiger partial charge in [-0.1, -0.05) is 0 Å². The van der Waals surface area contributed by atoms with Gasteiger partial charge in [-0.3, -0.25) is 10.1 Å². The summed E-state index contributed by atoms with van der Waals surface area (Å²) in [5, 5.41) is 16.7. The van der Waals surface area contributed by atoms with E-state index in [1.165, 1.54) is 6.20 Å². The lowest BCUT2D eigenvalue weighted by Gasteiger charge is -2.10. The fourth-order valence-corrected chi connectivity index (χ4v) is 2.26. The maximum Gasteiger partial charge on any atom is 0.353 e. The van der Waals surface area contributed by atoms with Gasteiger partial charge in [-0.25, -0.2) is 23.7 Å². The Balaban J connectivity index is 1.98. The van der Waals surface area contributed by atoms with E-state index in [0.29, 0.717) is 11.9 Å². The number of hydrogen-bond donors (Lipinski definition) is 2. The Hall–Kier alpha value is -3.21. The van der Waals surface area contributed by atoms with E-state index in [1.807, 2.05) is 0 Å². The smallest absolute Gasteiger partial charge is 0.332 e. The van der Waals surface area contributed by atoms with Crippen LogP contribution in [0.2, 0.25) is 0 Å². The Labute approximate surface area is 153 Å². The third kappa shape index (κ3) is 3.88. The molecule has 3 rings (SSSR count). The average Bonchev–Trinajstić information content (AvgIpc) is 2.59. The molecule has 8 nitrogen and oxygen atoms in total. The van der Waals surface area contributed by atoms with Crippen molar-refractivity contribution in [2.45, 2.75) is 0 Å². The Morgan fingerprint density at radius 1 is 1.04 bits per heavy atom. The van der Waals surface area contributed by atoms with Crippen LogP contribution in [0, 0.1) is 21.7 Å². The monoisotopic (exact) mass is 422 g/mol. The lowest BCUT2D eigenvalue weighted by molar-refractivity contribution is -0.383. The van der Waals surface area contributed by atoms with E-state index in [-0.39, 0.29) is 17.3 Å². The van der Waals surface area contributed by atoms with Crippen molar-refractivity contribution in [1.82, 2.24) is 15.0 Å². The summed E-state index contributed by atoms with van der Waals surface area (Å²) in [5.41, 5.74) is -0.679. The first-order chi connectivity index (χ1) is 12.4. The van der Waals surface area contributed by atoms with Gasteiger partial charge >= 0.3 is 5.69 Å². The summed E-state index contributed by atoms with van der Waals surface area (Å²) in [6.45, 7) is 0. The predicted molar refractivity (Wildman–Crippen MR) is 93.5 cm³/mol. The zero-order valence-electron chi connectivity index (χ0n) is 12.8. The summed E-state index contributed by atoms with van der Waals surface area (Å²) in [4.78, 5) is 22.4. The normalized spacial score (nSPS) is 10.4. The number of benzene rings is 1. The molecule has 0 unspecified atom stereocenters. The highest BCUT2D eigenvalue weighted by atomic mass is 79.9. The van der Waals surface area contributed by atoms with Crippen LogP contribution >= 0.6 is 15.9 Å². The Kier molecular flexibility index (Phi) is 4.98. The lowest BCUT2D eigenvalue weighted by Crippen LogP contribution is -2.06. The third-order valence-electron chi connectivity index (χ3n) is 3.16. The van der Waals surface area contributed by atoms with Gasteiger partial charge in [-0.2, -0.15) is 0 Å². The van der Waals surface area contributed by atoms with E-state index in [0.717, 1.165) is 22.9 Å². The molecule has 1 aromatic carbocycles. The summed E-state index contributed by atoms with van der Waals surface area (Å²) in [5.74, 6) is -1.76. The van der Waals surface area contributed by atoms with E-state index < -0.39 is 22.2 Å². The van der Waals surface area contributed by atoms with Gasteiger partial charge in [0, 0.05) is 16.7 Å². The van der Waals surface area contributed by atoms with Crippen molar-refractivity contribution in [3.05, 3.63) is 69.1 Å². The summed E-state index contributed by atoms with van der Waals surface area (Å²) in [7, 11) is 0. The highest BCUT2D eigenvalue weighted by Crippen LogP contribution is 2.33. The van der Waals surface area contributed by atoms with Crippen LogP contribution < -0.4 is 10.6 Å². The first-order valence-electron chi connectivity index (χ1n) is 7.04. The van der Waals surface area contributed by atoms with Crippen molar-refractivity contribution in [3.8, 4) is 0 Å². The van der Waals surface area contributed by atoms with Gasteiger partial charge < -0.3 is 10.6 Å². The van der Waals surface area contributed by atoms with Crippen LogP contribution in [0.3, 0.4) is 0 Å². The number of nitro groups is 1. The lowest BCUT2D eigenvalue weighted by atomic mass is 10.3. The Morgan fingerprint density at radius 2 is 1.77 bits per heavy atom. The van der Waals surface area contributed by atoms with E-state index in [1.54, 1.807) is 12.1 Å². The van der Waals surface area contributed by atoms with Crippen LogP contribution in [0.5, 0.6) is 0 Å². The van der Waals surface area contributed by atoms with E-state index in [4.69, 9.17) is 0 Å². The van der Waals surface area contributed by atoms with Gasteiger partial charge in [0.15, 0.2) is 0 Å². The molecule has 3 aromatic rings. The minimum Gasteiger partial charge on any atom is -0.332 e. The second-order valence-corrected chi connectivity index (χ2v) is 5.83. The molecule has 11 heteroatoms. The molecular formula is C15H9BrF2N6O2. The second kappa shape index (κ2) is 7.35. The Morgan fingerprint density at radius 3 is 2.38 bits per heavy atom. The predicted octanol–water partition coefficient (Wildman–Crippen LogP) is 4.31. The van der Waals surface area contributed by atoms with Crippen LogP contribution in [-0.2, 0) is 0 Å². The number of hydrogen-bond acceptors (Lipinski definition) is 7. The third-order valence-corrected chi connectivity index (χ3v) is 3.63. The van der Waals surface area contributed by atoms with E-state index in [9.17, 15) is 18.9 Å². The number of nitrogens with one attached hydrogen (secondary N) is 2. The fourth-order valence-electron chi connectivity index (χ4n) is 2.02. The number of halogens is 3. The summed E-state index contributed by atoms with van der Waals surface area (Å²) in [6, 6.07) is 6.06. The van der Waals surface area contributed by atoms with E-state index in [2.05, 4.69) is 41.5 Å². The summed E-state index contributed by atoms with van der Waals surface area (Å²) < 4.78 is 27.5. The van der Waals surface area contributed by atoms with Crippen LogP contribution in [0.1, 0.15) is 0 Å². The molecule has 132 valence electrons. The molecule has 0 saturated carbocycles. The highest BCUT2D eigenvalue weighted by molar-refractivity contribution is 9.10. The molecule has 0 radical (unpaired) electrons. The summed E-state index contributed by atoms with van der Waals surface area (Å²) in [6.07, 6.45) is 2.57. The van der Waals surface area contributed by atoms with Crippen LogP contribution in [0.15, 0.2) is 47.3 Å². The average molecular weight is 423 g/mol. The minimum absolute atomic E-state index is 0.134. The van der Waals surface area contributed by atoms with Crippen molar-refractivity contribution >= 4 is 44.8 Å². The molecular weight excluding hydrogens is 414 g/mol. The van der Waals surface area contributed by atoms with Crippen molar-refractivity contribution in [1.29, 1.82) is 0 Å². The van der Waals surface area contributed by atoms with Gasteiger partial charge in [-0.15, -0.1) is 0 Å². The van der Waals surface area contributed by atoms with Gasteiger partial charge in [0.25, 0.3) is 0 Å². The number of nitrogens with zero attached hydrogens (tertiary/aromatic N) is 4. The van der Waals surface area contributed by atoms with Crippen LogP contribution in [-0.4, -0.2) is 19.9 Å². The molecule has 0 fully saturated rings. The molecule has 0 aliphatic rings. The number of anilines is 4. The molecule has 0 spiro atoms. The van der Waals surface area contributed by atoms with Crippen molar-refractivity contribution < 1.29 is 13.7 Å². The maximum atomic E-state index is 13.8. The van der Waals surface area contributed by atoms with Crippen LogP contribution in [0.25, 0.3) is 0 Å². The first-order valence-corrected chi connectivity index (χ1v) is 7.83. The molecule has 2 heterocycles. The quantitative estimate of drug-likeness (QED) is 0.465. The fraction of sp³-hybridized carbons (Fsp3) is 0. The molecule has 0 saturated heterocycles. The highest BCUT2D eigenvalue weighted by Gasteiger charge is 2.24. The molecule has 0 bridgehead atoms. The molecule has 26 heavy (non-hydrogen) atoms. The van der Waals surface area contributed by atoms with Crippen molar-refractivity contribution in [2.75, 3.05) is 10.6 Å². The SMILES string of the molecule is O=[N+]([O-])c1c(Nc2ccc(Br)cn2)ncnc1Nc1ccc(F)cc1F. The van der Waals surface area contributed by atoms with E-state index >= 15 is 0 Å². The number of aromatic nitrogens is 3. The topological polar surface area (TPSA) is 106 Å². The van der Waals surface area contributed by atoms with Gasteiger partial charge in [0.2, 0.25) is 11.6 Å². The van der Waals surface area contributed by atoms with Gasteiger partial charge in [0.05, 0.1) is 10.6 Å². The molecule has 0 aliphatic heterocycles. The Bertz CT molecular complexity index is 971. The van der Waals surface area contributed by atoms with Crippen molar-refractivity contribution in [2.24, 2.45) is 0 Å². The standard InChI is InChI=1S/C15H9BrF2N6O2/c16-8-1-4-12(19-6-8)23-15-13(24(25)26)14(20-7-21-15)22-11-3-2-9(17)5-10(11)18/h1-7H,(H2,19,20,21,22,23). The number of rotatable bonds is 5.